The van der Waals surface area contributed by atoms with E-state index in [0.29, 0.717) is 19.3 Å². The number of hydrogen-bond acceptors (Lipinski definition) is 6. The highest BCUT2D eigenvalue weighted by molar-refractivity contribution is 5.71. The second-order valence-electron chi connectivity index (χ2n) is 17.5. The molecule has 0 aromatic carbocycles. The molecule has 0 saturated heterocycles. The Morgan fingerprint density at radius 3 is 0.702 bits per heavy atom. The molecule has 6 heteroatoms. The number of carbonyl (C=O) groups is 3. The van der Waals surface area contributed by atoms with E-state index in [0.717, 1.165) is 64.2 Å². The maximum absolute atomic E-state index is 12.7. The summed E-state index contributed by atoms with van der Waals surface area (Å²) in [7, 11) is 0. The summed E-state index contributed by atoms with van der Waals surface area (Å²) in [6, 6.07) is 0. The van der Waals surface area contributed by atoms with Crippen molar-refractivity contribution in [1.82, 2.24) is 0 Å². The molecule has 0 spiro atoms. The van der Waals surface area contributed by atoms with Crippen molar-refractivity contribution < 1.29 is 28.6 Å². The second kappa shape index (κ2) is 47.1. The second-order valence-corrected chi connectivity index (χ2v) is 17.5. The SMILES string of the molecule is CCCCCCCCCCCCCCCCCCCCCCCCC(=O)OCC(COC(=O)CCCCCCC)OC(=O)CCCCCCCCCCCCCC. The molecule has 0 heterocycles. The first-order chi connectivity index (χ1) is 28.0. The number of ether oxygens (including phenoxy) is 3. The smallest absolute Gasteiger partial charge is 0.306 e. The third-order valence-electron chi connectivity index (χ3n) is 11.6. The van der Waals surface area contributed by atoms with Crippen LogP contribution in [0.2, 0.25) is 0 Å². The van der Waals surface area contributed by atoms with Crippen LogP contribution in [-0.2, 0) is 28.6 Å². The van der Waals surface area contributed by atoms with E-state index in [-0.39, 0.29) is 31.1 Å². The monoisotopic (exact) mass is 807 g/mol. The summed E-state index contributed by atoms with van der Waals surface area (Å²) in [5.41, 5.74) is 0. The van der Waals surface area contributed by atoms with Gasteiger partial charge in [-0.3, -0.25) is 14.4 Å². The molecule has 1 atom stereocenters. The van der Waals surface area contributed by atoms with E-state index < -0.39 is 6.10 Å². The van der Waals surface area contributed by atoms with Crippen LogP contribution in [0.1, 0.15) is 290 Å². The first kappa shape index (κ1) is 55.4. The van der Waals surface area contributed by atoms with Gasteiger partial charge in [0.15, 0.2) is 6.10 Å². The van der Waals surface area contributed by atoms with Gasteiger partial charge in [-0.25, -0.2) is 0 Å². The average molecular weight is 807 g/mol. The third kappa shape index (κ3) is 45.3. The van der Waals surface area contributed by atoms with Crippen LogP contribution in [0.15, 0.2) is 0 Å². The van der Waals surface area contributed by atoms with Gasteiger partial charge in [-0.05, 0) is 19.3 Å². The van der Waals surface area contributed by atoms with Crippen molar-refractivity contribution in [3.63, 3.8) is 0 Å². The quantitative estimate of drug-likeness (QED) is 0.0346. The van der Waals surface area contributed by atoms with Gasteiger partial charge in [0.25, 0.3) is 0 Å². The fourth-order valence-corrected chi connectivity index (χ4v) is 7.74. The average Bonchev–Trinajstić information content (AvgIpc) is 3.21. The normalized spacial score (nSPS) is 11.8. The van der Waals surface area contributed by atoms with E-state index in [4.69, 9.17) is 14.2 Å². The van der Waals surface area contributed by atoms with Gasteiger partial charge >= 0.3 is 17.9 Å². The fraction of sp³-hybridized carbons (Fsp3) is 0.941. The van der Waals surface area contributed by atoms with Gasteiger partial charge in [0, 0.05) is 19.3 Å². The van der Waals surface area contributed by atoms with Gasteiger partial charge in [-0.1, -0.05) is 252 Å². The maximum Gasteiger partial charge on any atom is 0.306 e. The lowest BCUT2D eigenvalue weighted by atomic mass is 10.0. The Balaban J connectivity index is 4.02. The van der Waals surface area contributed by atoms with E-state index in [1.54, 1.807) is 0 Å². The van der Waals surface area contributed by atoms with Crippen molar-refractivity contribution in [1.29, 1.82) is 0 Å². The van der Waals surface area contributed by atoms with Crippen molar-refractivity contribution in [2.45, 2.75) is 297 Å². The van der Waals surface area contributed by atoms with Gasteiger partial charge < -0.3 is 14.2 Å². The lowest BCUT2D eigenvalue weighted by molar-refractivity contribution is -0.167. The van der Waals surface area contributed by atoms with E-state index in [1.807, 2.05) is 0 Å². The summed E-state index contributed by atoms with van der Waals surface area (Å²) < 4.78 is 16.7. The van der Waals surface area contributed by atoms with Crippen molar-refractivity contribution in [2.75, 3.05) is 13.2 Å². The zero-order chi connectivity index (χ0) is 41.5. The van der Waals surface area contributed by atoms with Gasteiger partial charge in [0.1, 0.15) is 13.2 Å². The minimum atomic E-state index is -0.757. The van der Waals surface area contributed by atoms with Crippen molar-refractivity contribution in [3.05, 3.63) is 0 Å². The standard InChI is InChI=1S/C51H98O6/c1-4-7-10-13-15-17-19-21-22-23-24-25-26-27-28-29-30-32-33-35-38-41-44-50(53)56-47-48(46-55-49(52)43-40-37-12-9-6-3)57-51(54)45-42-39-36-34-31-20-18-16-14-11-8-5-2/h48H,4-47H2,1-3H3. The topological polar surface area (TPSA) is 78.9 Å². The Labute approximate surface area is 355 Å². The molecule has 6 nitrogen and oxygen atoms in total. The Bertz CT molecular complexity index is 844. The molecule has 0 aromatic rings. The van der Waals surface area contributed by atoms with Crippen molar-refractivity contribution in [2.24, 2.45) is 0 Å². The van der Waals surface area contributed by atoms with Crippen LogP contribution in [0, 0.1) is 0 Å². The largest absolute Gasteiger partial charge is 0.462 e. The fourth-order valence-electron chi connectivity index (χ4n) is 7.74. The summed E-state index contributed by atoms with van der Waals surface area (Å²) in [6.45, 7) is 6.59. The predicted molar refractivity (Wildman–Crippen MR) is 243 cm³/mol. The number of esters is 3. The molecule has 1 unspecified atom stereocenters. The predicted octanol–water partition coefficient (Wildman–Crippen LogP) is 16.4. The molecule has 0 aliphatic heterocycles. The molecule has 0 fully saturated rings. The molecule has 0 radical (unpaired) electrons. The van der Waals surface area contributed by atoms with Crippen LogP contribution in [0.5, 0.6) is 0 Å². The molecule has 0 aliphatic rings. The molecule has 57 heavy (non-hydrogen) atoms. The Hall–Kier alpha value is -1.59. The van der Waals surface area contributed by atoms with Crippen LogP contribution in [0.3, 0.4) is 0 Å². The van der Waals surface area contributed by atoms with Gasteiger partial charge in [-0.2, -0.15) is 0 Å². The molecule has 0 bridgehead atoms. The molecule has 0 amide bonds. The van der Waals surface area contributed by atoms with Crippen LogP contribution >= 0.6 is 0 Å². The van der Waals surface area contributed by atoms with Crippen LogP contribution < -0.4 is 0 Å². The van der Waals surface area contributed by atoms with Gasteiger partial charge in [0.2, 0.25) is 0 Å². The number of rotatable bonds is 47. The molecule has 338 valence electrons. The van der Waals surface area contributed by atoms with Crippen molar-refractivity contribution in [3.8, 4) is 0 Å². The van der Waals surface area contributed by atoms with E-state index in [9.17, 15) is 14.4 Å². The highest BCUT2D eigenvalue weighted by Crippen LogP contribution is 2.17. The highest BCUT2D eigenvalue weighted by Gasteiger charge is 2.19. The molecule has 0 N–H and O–H groups in total. The Morgan fingerprint density at radius 1 is 0.281 bits per heavy atom. The minimum absolute atomic E-state index is 0.0634. The summed E-state index contributed by atoms with van der Waals surface area (Å²) >= 11 is 0. The zero-order valence-electron chi connectivity index (χ0n) is 38.6. The number of hydrogen-bond donors (Lipinski definition) is 0. The van der Waals surface area contributed by atoms with E-state index in [1.165, 1.54) is 186 Å². The lowest BCUT2D eigenvalue weighted by Gasteiger charge is -2.18. The number of unbranched alkanes of at least 4 members (excludes halogenated alkanes) is 36. The molecular formula is C51H98O6. The zero-order valence-corrected chi connectivity index (χ0v) is 38.6. The van der Waals surface area contributed by atoms with Gasteiger partial charge in [0.05, 0.1) is 0 Å². The summed E-state index contributed by atoms with van der Waals surface area (Å²) in [4.78, 5) is 37.6. The van der Waals surface area contributed by atoms with Crippen LogP contribution in [0.4, 0.5) is 0 Å². The minimum Gasteiger partial charge on any atom is -0.462 e. The molecule has 0 rings (SSSR count). The summed E-state index contributed by atoms with van der Waals surface area (Å²) in [6.07, 6.45) is 49.9. The Kier molecular flexibility index (Phi) is 45.8. The van der Waals surface area contributed by atoms with E-state index >= 15 is 0 Å². The first-order valence-corrected chi connectivity index (χ1v) is 25.5. The van der Waals surface area contributed by atoms with Crippen LogP contribution in [0.25, 0.3) is 0 Å². The third-order valence-corrected chi connectivity index (χ3v) is 11.6. The number of carbonyl (C=O) groups excluding carboxylic acids is 3. The van der Waals surface area contributed by atoms with Crippen LogP contribution in [-0.4, -0.2) is 37.2 Å². The summed E-state index contributed by atoms with van der Waals surface area (Å²) in [5, 5.41) is 0. The van der Waals surface area contributed by atoms with Crippen molar-refractivity contribution >= 4 is 17.9 Å². The van der Waals surface area contributed by atoms with E-state index in [2.05, 4.69) is 20.8 Å². The highest BCUT2D eigenvalue weighted by atomic mass is 16.6. The van der Waals surface area contributed by atoms with Gasteiger partial charge in [-0.15, -0.1) is 0 Å². The Morgan fingerprint density at radius 2 is 0.474 bits per heavy atom. The lowest BCUT2D eigenvalue weighted by Crippen LogP contribution is -2.30. The molecular weight excluding hydrogens is 709 g/mol. The summed E-state index contributed by atoms with van der Waals surface area (Å²) in [5.74, 6) is -0.861. The maximum atomic E-state index is 12.7. The molecule has 0 aliphatic carbocycles. The first-order valence-electron chi connectivity index (χ1n) is 25.5. The molecule has 0 saturated carbocycles. The molecule has 0 aromatic heterocycles.